The smallest absolute Gasteiger partial charge is 0.330 e. The lowest BCUT2D eigenvalue weighted by molar-refractivity contribution is -0.0240. The maximum absolute atomic E-state index is 12.5. The lowest BCUT2D eigenvalue weighted by atomic mass is 10.2. The highest BCUT2D eigenvalue weighted by molar-refractivity contribution is 7.85. The number of aliphatic hydroxyl groups is 1. The van der Waals surface area contributed by atoms with E-state index >= 15 is 0 Å². The van der Waals surface area contributed by atoms with Gasteiger partial charge in [0.1, 0.15) is 6.23 Å². The van der Waals surface area contributed by atoms with Crippen molar-refractivity contribution in [3.05, 3.63) is 32.6 Å². The van der Waals surface area contributed by atoms with Gasteiger partial charge in [0.25, 0.3) is 5.56 Å². The Morgan fingerprint density at radius 3 is 2.90 bits per heavy atom. The molecule has 9 heteroatoms. The predicted molar refractivity (Wildman–Crippen MR) is 69.6 cm³/mol. The summed E-state index contributed by atoms with van der Waals surface area (Å²) in [6, 6.07) is -1.03. The maximum atomic E-state index is 12.5. The van der Waals surface area contributed by atoms with Crippen molar-refractivity contribution >= 4 is 10.8 Å². The first-order valence-electron chi connectivity index (χ1n) is 5.99. The molecular weight excluding hydrogens is 291 g/mol. The van der Waals surface area contributed by atoms with Crippen LogP contribution in [0.25, 0.3) is 0 Å². The zero-order valence-corrected chi connectivity index (χ0v) is 11.6. The quantitative estimate of drug-likeness (QED) is 0.756. The summed E-state index contributed by atoms with van der Waals surface area (Å²) in [5.41, 5.74) is -0.829. The second-order valence-corrected chi connectivity index (χ2v) is 6.14. The number of aliphatic hydroxyl groups excluding tert-OH is 1. The fraction of sp³-hybridized carbons (Fsp3) is 0.636. The van der Waals surface area contributed by atoms with Crippen LogP contribution < -0.4 is 11.2 Å². The standard InChI is InChI=1S/C11H15FN2O5S/c1-6-3-14(11(17)13-10(6)16)9-2-8(20(18)5-12)7(4-15)19-9/h3,7-9,15H,2,4-5H2,1H3,(H,13,16,17)/t7-,8+,9-,20-/m1/s1. The number of H-pyrrole nitrogens is 1. The van der Waals surface area contributed by atoms with Gasteiger partial charge in [-0.05, 0) is 6.92 Å². The van der Waals surface area contributed by atoms with Crippen LogP contribution in [0.5, 0.6) is 0 Å². The third-order valence-electron chi connectivity index (χ3n) is 3.26. The number of hydrogen-bond donors (Lipinski definition) is 2. The van der Waals surface area contributed by atoms with Crippen LogP contribution in [0.1, 0.15) is 18.2 Å². The number of aryl methyl sites for hydroxylation is 1. The Bertz CT molecular complexity index is 628. The molecule has 1 aliphatic rings. The van der Waals surface area contributed by atoms with Crippen molar-refractivity contribution < 1.29 is 18.4 Å². The minimum absolute atomic E-state index is 0.132. The van der Waals surface area contributed by atoms with Crippen LogP contribution in [0, 0.1) is 6.92 Å². The van der Waals surface area contributed by atoms with Gasteiger partial charge < -0.3 is 9.84 Å². The maximum Gasteiger partial charge on any atom is 0.330 e. The molecule has 0 aliphatic carbocycles. The van der Waals surface area contributed by atoms with Crippen LogP contribution in [0.4, 0.5) is 4.39 Å². The van der Waals surface area contributed by atoms with E-state index in [9.17, 15) is 23.3 Å². The Balaban J connectivity index is 2.32. The molecule has 0 radical (unpaired) electrons. The highest BCUT2D eigenvalue weighted by Gasteiger charge is 2.39. The molecule has 1 fully saturated rings. The molecule has 1 aliphatic heterocycles. The first-order chi connectivity index (χ1) is 9.47. The summed E-state index contributed by atoms with van der Waals surface area (Å²) in [7, 11) is -1.78. The SMILES string of the molecule is Cc1cn([C@H]2C[C@H]([S@](=O)CF)[C@@H](CO)O2)c(=O)[nH]c1=O. The molecule has 4 atom stereocenters. The lowest BCUT2D eigenvalue weighted by Gasteiger charge is -2.15. The third-order valence-corrected chi connectivity index (χ3v) is 4.65. The molecule has 20 heavy (non-hydrogen) atoms. The van der Waals surface area contributed by atoms with Gasteiger partial charge in [0, 0.05) is 18.2 Å². The van der Waals surface area contributed by atoms with Crippen LogP contribution in [-0.2, 0) is 15.5 Å². The van der Waals surface area contributed by atoms with Gasteiger partial charge in [0.15, 0.2) is 6.01 Å². The highest BCUT2D eigenvalue weighted by atomic mass is 32.2. The van der Waals surface area contributed by atoms with Gasteiger partial charge in [-0.25, -0.2) is 9.18 Å². The largest absolute Gasteiger partial charge is 0.394 e. The zero-order valence-electron chi connectivity index (χ0n) is 10.7. The molecule has 0 bridgehead atoms. The first-order valence-corrected chi connectivity index (χ1v) is 7.37. The summed E-state index contributed by atoms with van der Waals surface area (Å²) in [5.74, 6) is 0. The van der Waals surface area contributed by atoms with Crippen molar-refractivity contribution in [1.82, 2.24) is 9.55 Å². The molecule has 0 spiro atoms. The van der Waals surface area contributed by atoms with Crippen LogP contribution in [0.3, 0.4) is 0 Å². The van der Waals surface area contributed by atoms with Crippen LogP contribution in [0.2, 0.25) is 0 Å². The topological polar surface area (TPSA) is 101 Å². The Morgan fingerprint density at radius 2 is 2.30 bits per heavy atom. The number of ether oxygens (including phenoxy) is 1. The highest BCUT2D eigenvalue weighted by Crippen LogP contribution is 2.31. The Morgan fingerprint density at radius 1 is 1.60 bits per heavy atom. The number of rotatable bonds is 4. The molecule has 1 aromatic rings. The summed E-state index contributed by atoms with van der Waals surface area (Å²) in [5, 5.41) is 8.50. The predicted octanol–water partition coefficient (Wildman–Crippen LogP) is -0.831. The molecule has 0 unspecified atom stereocenters. The van der Waals surface area contributed by atoms with Gasteiger partial charge in [0.2, 0.25) is 0 Å². The van der Waals surface area contributed by atoms with Gasteiger partial charge in [-0.1, -0.05) is 0 Å². The van der Waals surface area contributed by atoms with Crippen molar-refractivity contribution in [2.75, 3.05) is 12.6 Å². The molecule has 7 nitrogen and oxygen atoms in total. The van der Waals surface area contributed by atoms with E-state index in [1.165, 1.54) is 13.1 Å². The van der Waals surface area contributed by atoms with Gasteiger partial charge in [0.05, 0.1) is 28.8 Å². The van der Waals surface area contributed by atoms with E-state index in [1.807, 2.05) is 0 Å². The molecule has 0 saturated carbocycles. The van der Waals surface area contributed by atoms with E-state index in [4.69, 9.17) is 4.74 Å². The molecule has 2 rings (SSSR count). The Hall–Kier alpha value is -1.32. The molecule has 0 amide bonds. The second-order valence-electron chi connectivity index (χ2n) is 4.55. The van der Waals surface area contributed by atoms with E-state index in [0.717, 1.165) is 4.57 Å². The summed E-state index contributed by atoms with van der Waals surface area (Å²) < 4.78 is 30.7. The first kappa shape index (κ1) is 15.1. The van der Waals surface area contributed by atoms with Gasteiger partial charge >= 0.3 is 5.69 Å². The molecular formula is C11H15FN2O5S. The van der Waals surface area contributed by atoms with Crippen molar-refractivity contribution in [2.24, 2.45) is 0 Å². The Labute approximate surface area is 115 Å². The van der Waals surface area contributed by atoms with Crippen molar-refractivity contribution in [3.63, 3.8) is 0 Å². The number of nitrogens with zero attached hydrogens (tertiary/aromatic N) is 1. The van der Waals surface area contributed by atoms with E-state index in [0.29, 0.717) is 5.56 Å². The lowest BCUT2D eigenvalue weighted by Crippen LogP contribution is -2.33. The molecule has 0 aromatic carbocycles. The van der Waals surface area contributed by atoms with Gasteiger partial charge in [-0.15, -0.1) is 0 Å². The van der Waals surface area contributed by atoms with E-state index < -0.39 is 52.2 Å². The molecule has 1 aromatic heterocycles. The summed E-state index contributed by atoms with van der Waals surface area (Å²) in [4.78, 5) is 25.2. The number of aromatic nitrogens is 2. The van der Waals surface area contributed by atoms with E-state index in [-0.39, 0.29) is 6.42 Å². The molecule has 2 N–H and O–H groups in total. The van der Waals surface area contributed by atoms with E-state index in [1.54, 1.807) is 0 Å². The monoisotopic (exact) mass is 306 g/mol. The van der Waals surface area contributed by atoms with Crippen molar-refractivity contribution in [3.8, 4) is 0 Å². The summed E-state index contributed by atoms with van der Waals surface area (Å²) >= 11 is 0. The number of nitrogens with one attached hydrogen (secondary N) is 1. The third kappa shape index (κ3) is 2.74. The molecule has 1 saturated heterocycles. The van der Waals surface area contributed by atoms with Crippen molar-refractivity contribution in [1.29, 1.82) is 0 Å². The van der Waals surface area contributed by atoms with Crippen molar-refractivity contribution in [2.45, 2.75) is 30.9 Å². The minimum Gasteiger partial charge on any atom is -0.394 e. The molecule has 2 heterocycles. The summed E-state index contributed by atoms with van der Waals surface area (Å²) in [6.07, 6.45) is -0.111. The average molecular weight is 306 g/mol. The zero-order chi connectivity index (χ0) is 14.9. The Kier molecular flexibility index (Phi) is 4.51. The number of aromatic amines is 1. The van der Waals surface area contributed by atoms with Gasteiger partial charge in [-0.2, -0.15) is 0 Å². The number of alkyl halides is 1. The fourth-order valence-electron chi connectivity index (χ4n) is 2.19. The van der Waals surface area contributed by atoms with Crippen LogP contribution in [-0.4, -0.2) is 42.8 Å². The van der Waals surface area contributed by atoms with E-state index in [2.05, 4.69) is 4.98 Å². The minimum atomic E-state index is -1.78. The van der Waals surface area contributed by atoms with Gasteiger partial charge in [-0.3, -0.25) is 18.6 Å². The number of halogens is 1. The second kappa shape index (κ2) is 5.98. The number of hydrogen-bond acceptors (Lipinski definition) is 5. The van der Waals surface area contributed by atoms with Crippen LogP contribution in [0.15, 0.2) is 15.8 Å². The average Bonchev–Trinajstić information content (AvgIpc) is 2.85. The fourth-order valence-corrected chi connectivity index (χ4v) is 3.22. The van der Waals surface area contributed by atoms with Crippen LogP contribution >= 0.6 is 0 Å². The molecule has 112 valence electrons. The summed E-state index contributed by atoms with van der Waals surface area (Å²) in [6.45, 7) is 1.12. The normalized spacial score (nSPS) is 27.6.